The summed E-state index contributed by atoms with van der Waals surface area (Å²) < 4.78 is 10.7. The minimum Gasteiger partial charge on any atom is -0.447 e. The molecule has 1 N–H and O–H groups in total. The highest BCUT2D eigenvalue weighted by molar-refractivity contribution is 7.13. The highest BCUT2D eigenvalue weighted by atomic mass is 32.1. The lowest BCUT2D eigenvalue weighted by atomic mass is 10.1. The number of aromatic nitrogens is 2. The highest BCUT2D eigenvalue weighted by Crippen LogP contribution is 2.24. The Morgan fingerprint density at radius 3 is 2.75 bits per heavy atom. The van der Waals surface area contributed by atoms with E-state index in [9.17, 15) is 9.59 Å². The molecule has 1 aliphatic rings. The predicted octanol–water partition coefficient (Wildman–Crippen LogP) is 3.29. The van der Waals surface area contributed by atoms with Crippen molar-refractivity contribution < 1.29 is 18.8 Å². The molecule has 2 heterocycles. The van der Waals surface area contributed by atoms with Gasteiger partial charge in [0.15, 0.2) is 0 Å². The Hall–Kier alpha value is -3.00. The summed E-state index contributed by atoms with van der Waals surface area (Å²) in [5, 5.41) is 8.75. The zero-order valence-corrected chi connectivity index (χ0v) is 15.9. The summed E-state index contributed by atoms with van der Waals surface area (Å²) in [5.41, 5.74) is 0.645. The van der Waals surface area contributed by atoms with Crippen molar-refractivity contribution in [3.63, 3.8) is 0 Å². The van der Waals surface area contributed by atoms with Crippen LogP contribution in [0.15, 0.2) is 52.4 Å². The number of ether oxygens (including phenoxy) is 1. The number of carbonyl (C=O) groups is 2. The third-order valence-corrected chi connectivity index (χ3v) is 5.13. The van der Waals surface area contributed by atoms with Gasteiger partial charge in [0, 0.05) is 18.0 Å². The van der Waals surface area contributed by atoms with Crippen LogP contribution in [0, 0.1) is 0 Å². The van der Waals surface area contributed by atoms with Gasteiger partial charge in [0.1, 0.15) is 0 Å². The minimum atomic E-state index is -0.960. The molecule has 0 aliphatic heterocycles. The maximum Gasteiger partial charge on any atom is 0.307 e. The molecule has 28 heavy (non-hydrogen) atoms. The van der Waals surface area contributed by atoms with E-state index in [4.69, 9.17) is 9.26 Å². The van der Waals surface area contributed by atoms with Crippen LogP contribution in [-0.2, 0) is 20.7 Å². The number of amides is 1. The summed E-state index contributed by atoms with van der Waals surface area (Å²) in [7, 11) is 0. The van der Waals surface area contributed by atoms with Crippen molar-refractivity contribution in [2.75, 3.05) is 0 Å². The molecule has 0 bridgehead atoms. The largest absolute Gasteiger partial charge is 0.447 e. The number of hydrogen-bond acceptors (Lipinski definition) is 7. The number of aryl methyl sites for hydroxylation is 1. The maximum absolute atomic E-state index is 12.5. The van der Waals surface area contributed by atoms with Gasteiger partial charge < -0.3 is 14.6 Å². The van der Waals surface area contributed by atoms with E-state index in [1.165, 1.54) is 11.3 Å². The Morgan fingerprint density at radius 2 is 2.04 bits per heavy atom. The Kier molecular flexibility index (Phi) is 5.48. The molecule has 2 aromatic heterocycles. The van der Waals surface area contributed by atoms with Gasteiger partial charge in [0.25, 0.3) is 5.91 Å². The van der Waals surface area contributed by atoms with Crippen LogP contribution in [0.2, 0.25) is 0 Å². The standard InChI is InChI=1S/C20H19N3O4S/c24-17(11-10-16-22-19(23-27-16)15-7-4-12-28-15)26-18(13-5-2-1-3-6-13)20(25)21-14-8-9-14/h1-7,12,14,18H,8-11H2,(H,21,25)/t18-/m0/s1. The monoisotopic (exact) mass is 397 g/mol. The molecule has 1 fully saturated rings. The normalized spacial score (nSPS) is 14.4. The van der Waals surface area contributed by atoms with Crippen molar-refractivity contribution in [1.29, 1.82) is 0 Å². The quantitative estimate of drug-likeness (QED) is 0.586. The first-order chi connectivity index (χ1) is 13.7. The number of rotatable bonds is 8. The summed E-state index contributed by atoms with van der Waals surface area (Å²) in [6.07, 6.45) is 1.27. The molecular formula is C20H19N3O4S. The first-order valence-corrected chi connectivity index (χ1v) is 9.98. The zero-order valence-electron chi connectivity index (χ0n) is 15.0. The maximum atomic E-state index is 12.5. The topological polar surface area (TPSA) is 94.3 Å². The molecule has 1 aliphatic carbocycles. The van der Waals surface area contributed by atoms with Crippen molar-refractivity contribution in [3.05, 3.63) is 59.3 Å². The SMILES string of the molecule is O=C(CCc1nc(-c2cccs2)no1)O[C@H](C(=O)NC1CC1)c1ccccc1. The van der Waals surface area contributed by atoms with Crippen molar-refractivity contribution in [3.8, 4) is 10.7 Å². The fraction of sp³-hybridized carbons (Fsp3) is 0.300. The lowest BCUT2D eigenvalue weighted by molar-refractivity contribution is -0.156. The molecule has 1 amide bonds. The van der Waals surface area contributed by atoms with Crippen LogP contribution in [0.25, 0.3) is 10.7 Å². The van der Waals surface area contributed by atoms with Crippen LogP contribution in [0.4, 0.5) is 0 Å². The summed E-state index contributed by atoms with van der Waals surface area (Å²) in [5.74, 6) is 0.0823. The number of thiophene rings is 1. The average Bonchev–Trinajstić information content (AvgIpc) is 3.18. The van der Waals surface area contributed by atoms with Gasteiger partial charge in [0.2, 0.25) is 17.8 Å². The summed E-state index contributed by atoms with van der Waals surface area (Å²) in [4.78, 5) is 30.1. The second-order valence-corrected chi connectivity index (χ2v) is 7.50. The molecule has 4 rings (SSSR count). The second kappa shape index (κ2) is 8.35. The molecule has 0 spiro atoms. The van der Waals surface area contributed by atoms with Crippen LogP contribution < -0.4 is 5.32 Å². The fourth-order valence-corrected chi connectivity index (χ4v) is 3.32. The van der Waals surface area contributed by atoms with Crippen LogP contribution in [0.3, 0.4) is 0 Å². The predicted molar refractivity (Wildman–Crippen MR) is 102 cm³/mol. The van der Waals surface area contributed by atoms with E-state index < -0.39 is 12.1 Å². The van der Waals surface area contributed by atoms with Crippen LogP contribution in [0.1, 0.15) is 36.8 Å². The van der Waals surface area contributed by atoms with Gasteiger partial charge in [-0.3, -0.25) is 9.59 Å². The summed E-state index contributed by atoms with van der Waals surface area (Å²) in [6.45, 7) is 0. The van der Waals surface area contributed by atoms with Gasteiger partial charge in [-0.2, -0.15) is 4.98 Å². The van der Waals surface area contributed by atoms with E-state index in [1.54, 1.807) is 12.1 Å². The first-order valence-electron chi connectivity index (χ1n) is 9.10. The summed E-state index contributed by atoms with van der Waals surface area (Å²) >= 11 is 1.51. The molecule has 0 radical (unpaired) electrons. The highest BCUT2D eigenvalue weighted by Gasteiger charge is 2.30. The number of carbonyl (C=O) groups excluding carboxylic acids is 2. The van der Waals surface area contributed by atoms with Gasteiger partial charge >= 0.3 is 5.97 Å². The number of hydrogen-bond donors (Lipinski definition) is 1. The molecule has 0 saturated heterocycles. The number of nitrogens with zero attached hydrogens (tertiary/aromatic N) is 2. The van der Waals surface area contributed by atoms with Gasteiger partial charge in [-0.15, -0.1) is 11.3 Å². The van der Waals surface area contributed by atoms with Crippen molar-refractivity contribution in [1.82, 2.24) is 15.5 Å². The van der Waals surface area contributed by atoms with E-state index in [0.717, 1.165) is 17.7 Å². The van der Waals surface area contributed by atoms with Crippen molar-refractivity contribution in [2.24, 2.45) is 0 Å². The molecule has 3 aromatic rings. The van der Waals surface area contributed by atoms with Crippen molar-refractivity contribution >= 4 is 23.2 Å². The number of nitrogens with one attached hydrogen (secondary N) is 1. The lowest BCUT2D eigenvalue weighted by Gasteiger charge is -2.17. The van der Waals surface area contributed by atoms with Gasteiger partial charge in [-0.05, 0) is 24.3 Å². The summed E-state index contributed by atoms with van der Waals surface area (Å²) in [6, 6.07) is 13.0. The van der Waals surface area contributed by atoms with E-state index in [0.29, 0.717) is 17.3 Å². The number of benzene rings is 1. The molecule has 144 valence electrons. The molecule has 7 nitrogen and oxygen atoms in total. The molecule has 1 aromatic carbocycles. The second-order valence-electron chi connectivity index (χ2n) is 6.55. The van der Waals surface area contributed by atoms with E-state index in [1.807, 2.05) is 35.7 Å². The van der Waals surface area contributed by atoms with Crippen LogP contribution >= 0.6 is 11.3 Å². The molecule has 1 saturated carbocycles. The zero-order chi connectivity index (χ0) is 19.3. The minimum absolute atomic E-state index is 0.0477. The molecule has 0 unspecified atom stereocenters. The molecular weight excluding hydrogens is 378 g/mol. The first kappa shape index (κ1) is 18.4. The Morgan fingerprint density at radius 1 is 1.21 bits per heavy atom. The average molecular weight is 397 g/mol. The number of esters is 1. The van der Waals surface area contributed by atoms with E-state index in [2.05, 4.69) is 15.5 Å². The third-order valence-electron chi connectivity index (χ3n) is 4.27. The Bertz CT molecular complexity index is 936. The third kappa shape index (κ3) is 4.64. The molecule has 8 heteroatoms. The lowest BCUT2D eigenvalue weighted by Crippen LogP contribution is -2.33. The fourth-order valence-electron chi connectivity index (χ4n) is 2.67. The van der Waals surface area contributed by atoms with Crippen molar-refractivity contribution in [2.45, 2.75) is 37.8 Å². The van der Waals surface area contributed by atoms with Gasteiger partial charge in [-0.25, -0.2) is 0 Å². The molecule has 1 atom stereocenters. The Balaban J connectivity index is 1.36. The van der Waals surface area contributed by atoms with E-state index >= 15 is 0 Å². The van der Waals surface area contributed by atoms with Crippen LogP contribution in [0.5, 0.6) is 0 Å². The van der Waals surface area contributed by atoms with Crippen LogP contribution in [-0.4, -0.2) is 28.1 Å². The van der Waals surface area contributed by atoms with E-state index in [-0.39, 0.29) is 24.8 Å². The smallest absolute Gasteiger partial charge is 0.307 e. The van der Waals surface area contributed by atoms with Gasteiger partial charge in [-0.1, -0.05) is 41.6 Å². The Labute approximate surface area is 165 Å². The van der Waals surface area contributed by atoms with Gasteiger partial charge in [0.05, 0.1) is 11.3 Å².